The molecular weight excluding hydrogens is 496 g/mol. The highest BCUT2D eigenvalue weighted by Gasteiger charge is 2.45. The fourth-order valence-electron chi connectivity index (χ4n) is 3.91. The Kier molecular flexibility index (Phi) is 6.82. The second kappa shape index (κ2) is 9.60. The number of hydrogen-bond donors (Lipinski definition) is 2. The van der Waals surface area contributed by atoms with Crippen LogP contribution in [0.1, 0.15) is 34.5 Å². The lowest BCUT2D eigenvalue weighted by molar-refractivity contribution is -0.125. The van der Waals surface area contributed by atoms with E-state index in [-0.39, 0.29) is 11.8 Å². The minimum atomic E-state index is -0.872. The van der Waals surface area contributed by atoms with Gasteiger partial charge in [-0.1, -0.05) is 5.16 Å². The highest BCUT2D eigenvalue weighted by molar-refractivity contribution is 9.11. The number of halogens is 1. The molecule has 2 amide bonds. The van der Waals surface area contributed by atoms with Gasteiger partial charge in [-0.2, -0.15) is 0 Å². The quantitative estimate of drug-likeness (QED) is 0.563. The molecule has 8 nitrogen and oxygen atoms in total. The van der Waals surface area contributed by atoms with Gasteiger partial charge < -0.3 is 25.1 Å². The van der Waals surface area contributed by atoms with Crippen LogP contribution in [0.4, 0.5) is 11.4 Å². The molecule has 1 aromatic carbocycles. The topological polar surface area (TPSA) is 92.3 Å². The van der Waals surface area contributed by atoms with Gasteiger partial charge in [0.25, 0.3) is 5.91 Å². The van der Waals surface area contributed by atoms with Crippen LogP contribution in [-0.2, 0) is 14.4 Å². The molecule has 1 saturated carbocycles. The Morgan fingerprint density at radius 2 is 2.09 bits per heavy atom. The lowest BCUT2D eigenvalue weighted by atomic mass is 9.75. The van der Waals surface area contributed by atoms with Gasteiger partial charge in [-0.3, -0.25) is 9.59 Å². The number of carbonyl (C=O) groups is 2. The summed E-state index contributed by atoms with van der Waals surface area (Å²) in [5.74, 6) is 0.294. The average molecular weight is 521 g/mol. The molecule has 10 heteroatoms. The Labute approximate surface area is 199 Å². The molecule has 0 bridgehead atoms. The van der Waals surface area contributed by atoms with E-state index in [4.69, 9.17) is 9.57 Å². The predicted molar refractivity (Wildman–Crippen MR) is 128 cm³/mol. The van der Waals surface area contributed by atoms with Crippen molar-refractivity contribution in [2.75, 3.05) is 37.1 Å². The Morgan fingerprint density at radius 3 is 2.72 bits per heavy atom. The van der Waals surface area contributed by atoms with Crippen LogP contribution < -0.4 is 15.5 Å². The fraction of sp³-hybridized carbons (Fsp3) is 0.409. The number of carbonyl (C=O) groups excluding carboxylic acids is 2. The van der Waals surface area contributed by atoms with E-state index in [9.17, 15) is 9.59 Å². The smallest absolute Gasteiger partial charge is 0.262 e. The van der Waals surface area contributed by atoms with Crippen LogP contribution in [0, 0.1) is 6.92 Å². The molecule has 32 heavy (non-hydrogen) atoms. The van der Waals surface area contributed by atoms with Gasteiger partial charge in [-0.15, -0.1) is 11.3 Å². The first-order chi connectivity index (χ1) is 15.4. The van der Waals surface area contributed by atoms with E-state index in [1.165, 1.54) is 18.4 Å². The summed E-state index contributed by atoms with van der Waals surface area (Å²) in [6.45, 7) is 3.64. The number of rotatable bonds is 6. The Bertz CT molecular complexity index is 1050. The molecule has 2 N–H and O–H groups in total. The summed E-state index contributed by atoms with van der Waals surface area (Å²) in [6.07, 6.45) is 2.15. The van der Waals surface area contributed by atoms with Crippen molar-refractivity contribution in [2.45, 2.75) is 31.7 Å². The molecule has 0 spiro atoms. The molecule has 0 unspecified atom stereocenters. The molecule has 1 aliphatic heterocycles. The second-order valence-corrected chi connectivity index (χ2v) is 10.3. The number of anilines is 2. The lowest BCUT2D eigenvalue weighted by Gasteiger charge is -2.40. The Morgan fingerprint density at radius 1 is 1.28 bits per heavy atom. The fourth-order valence-corrected chi connectivity index (χ4v) is 5.19. The minimum Gasteiger partial charge on any atom is -0.398 e. The van der Waals surface area contributed by atoms with Crippen LogP contribution in [0.5, 0.6) is 0 Å². The lowest BCUT2D eigenvalue weighted by Crippen LogP contribution is -2.61. The summed E-state index contributed by atoms with van der Waals surface area (Å²) < 4.78 is 6.36. The number of nitrogens with zero attached hydrogens (tertiary/aromatic N) is 2. The third kappa shape index (κ3) is 4.67. The van der Waals surface area contributed by atoms with E-state index in [2.05, 4.69) is 36.6 Å². The largest absolute Gasteiger partial charge is 0.398 e. The van der Waals surface area contributed by atoms with E-state index in [0.717, 1.165) is 21.5 Å². The molecule has 0 radical (unpaired) electrons. The molecule has 4 rings (SSSR count). The molecule has 1 aliphatic carbocycles. The molecule has 1 saturated heterocycles. The molecule has 2 aromatic rings. The van der Waals surface area contributed by atoms with Crippen LogP contribution in [0.2, 0.25) is 0 Å². The van der Waals surface area contributed by atoms with Crippen LogP contribution in [0.3, 0.4) is 0 Å². The summed E-state index contributed by atoms with van der Waals surface area (Å²) in [4.78, 5) is 33.4. The average Bonchev–Trinajstić information content (AvgIpc) is 3.18. The SMILES string of the molecule is CO/N=C1/COCCN1c1ccc(NC(=O)C2(NC(=O)c3ccc(Br)s3)CCC2)cc1C. The standard InChI is InChI=1S/C22H25BrN4O4S/c1-14-12-15(4-5-16(14)27-10-11-31-13-19(27)26-30-2)24-21(29)22(8-3-9-22)25-20(28)17-6-7-18(23)32-17/h4-7,12H,3,8-11,13H2,1-2H3,(H,24,29)(H,25,28)/b26-19-. The number of morpholine rings is 1. The van der Waals surface area contributed by atoms with E-state index in [0.29, 0.717) is 49.0 Å². The van der Waals surface area contributed by atoms with E-state index in [1.54, 1.807) is 6.07 Å². The van der Waals surface area contributed by atoms with Crippen molar-refractivity contribution in [3.05, 3.63) is 44.6 Å². The highest BCUT2D eigenvalue weighted by atomic mass is 79.9. The van der Waals surface area contributed by atoms with Crippen molar-refractivity contribution in [1.82, 2.24) is 5.32 Å². The Balaban J connectivity index is 1.47. The predicted octanol–water partition coefficient (Wildman–Crippen LogP) is 3.91. The van der Waals surface area contributed by atoms with Crippen molar-refractivity contribution >= 4 is 56.3 Å². The van der Waals surface area contributed by atoms with Crippen molar-refractivity contribution in [2.24, 2.45) is 5.16 Å². The van der Waals surface area contributed by atoms with Gasteiger partial charge in [0.05, 0.1) is 15.3 Å². The van der Waals surface area contributed by atoms with Crippen molar-refractivity contribution in [1.29, 1.82) is 0 Å². The summed E-state index contributed by atoms with van der Waals surface area (Å²) in [5, 5.41) is 10.0. The zero-order valence-electron chi connectivity index (χ0n) is 17.9. The molecular formula is C22H25BrN4O4S. The summed E-state index contributed by atoms with van der Waals surface area (Å²) in [7, 11) is 1.51. The number of oxime groups is 1. The van der Waals surface area contributed by atoms with E-state index >= 15 is 0 Å². The highest BCUT2D eigenvalue weighted by Crippen LogP contribution is 2.35. The number of thiophene rings is 1. The third-order valence-electron chi connectivity index (χ3n) is 5.74. The van der Waals surface area contributed by atoms with Crippen LogP contribution in [0.15, 0.2) is 39.3 Å². The number of amidine groups is 1. The third-order valence-corrected chi connectivity index (χ3v) is 7.36. The number of ether oxygens (including phenoxy) is 1. The molecule has 1 aromatic heterocycles. The zero-order chi connectivity index (χ0) is 22.7. The first-order valence-corrected chi connectivity index (χ1v) is 12.0. The number of benzene rings is 1. The van der Waals surface area contributed by atoms with Crippen LogP contribution >= 0.6 is 27.3 Å². The van der Waals surface area contributed by atoms with Gasteiger partial charge in [-0.25, -0.2) is 0 Å². The molecule has 0 atom stereocenters. The van der Waals surface area contributed by atoms with E-state index in [1.807, 2.05) is 31.2 Å². The van der Waals surface area contributed by atoms with E-state index < -0.39 is 5.54 Å². The number of hydrogen-bond acceptors (Lipinski definition) is 6. The normalized spacial score (nSPS) is 18.7. The van der Waals surface area contributed by atoms with Gasteiger partial charge in [0, 0.05) is 17.9 Å². The first-order valence-electron chi connectivity index (χ1n) is 10.4. The van der Waals surface area contributed by atoms with Crippen molar-refractivity contribution < 1.29 is 19.2 Å². The number of amides is 2. The maximum atomic E-state index is 13.1. The summed E-state index contributed by atoms with van der Waals surface area (Å²) in [6, 6.07) is 9.33. The number of aryl methyl sites for hydroxylation is 1. The minimum absolute atomic E-state index is 0.187. The zero-order valence-corrected chi connectivity index (χ0v) is 20.3. The summed E-state index contributed by atoms with van der Waals surface area (Å²) in [5.41, 5.74) is 1.79. The first kappa shape index (κ1) is 22.8. The van der Waals surface area contributed by atoms with Crippen molar-refractivity contribution in [3.8, 4) is 0 Å². The number of nitrogens with one attached hydrogen (secondary N) is 2. The van der Waals surface area contributed by atoms with Crippen molar-refractivity contribution in [3.63, 3.8) is 0 Å². The molecule has 2 fully saturated rings. The Hall–Kier alpha value is -2.43. The van der Waals surface area contributed by atoms with Gasteiger partial charge in [-0.05, 0) is 78.0 Å². The van der Waals surface area contributed by atoms with Gasteiger partial charge in [0.15, 0.2) is 5.84 Å². The summed E-state index contributed by atoms with van der Waals surface area (Å²) >= 11 is 4.72. The van der Waals surface area contributed by atoms with Crippen LogP contribution in [-0.4, -0.2) is 50.1 Å². The molecule has 2 heterocycles. The monoisotopic (exact) mass is 520 g/mol. The second-order valence-electron chi connectivity index (χ2n) is 7.84. The van der Waals surface area contributed by atoms with Gasteiger partial charge >= 0.3 is 0 Å². The maximum absolute atomic E-state index is 13.1. The van der Waals surface area contributed by atoms with Gasteiger partial charge in [0.1, 0.15) is 19.3 Å². The molecule has 170 valence electrons. The maximum Gasteiger partial charge on any atom is 0.262 e. The molecule has 2 aliphatic rings. The van der Waals surface area contributed by atoms with Gasteiger partial charge in [0.2, 0.25) is 5.91 Å². The van der Waals surface area contributed by atoms with Crippen LogP contribution in [0.25, 0.3) is 0 Å².